The summed E-state index contributed by atoms with van der Waals surface area (Å²) in [7, 11) is 2.42. The zero-order valence-electron chi connectivity index (χ0n) is 15.7. The van der Waals surface area contributed by atoms with Crippen LogP contribution in [-0.4, -0.2) is 31.2 Å². The molecule has 1 aliphatic heterocycles. The smallest absolute Gasteiger partial charge is 0.226 e. The van der Waals surface area contributed by atoms with Gasteiger partial charge in [0.1, 0.15) is 7.85 Å². The van der Waals surface area contributed by atoms with Gasteiger partial charge in [0.15, 0.2) is 0 Å². The Morgan fingerprint density at radius 2 is 1.77 bits per heavy atom. The van der Waals surface area contributed by atoms with E-state index >= 15 is 0 Å². The van der Waals surface area contributed by atoms with Crippen LogP contribution in [0.15, 0.2) is 0 Å². The molecule has 0 aromatic carbocycles. The number of carbonyl (C=O) groups excluding carboxylic acids is 1. The Labute approximate surface area is 138 Å². The van der Waals surface area contributed by atoms with Crippen molar-refractivity contribution >= 4 is 13.8 Å². The van der Waals surface area contributed by atoms with Crippen LogP contribution in [0.5, 0.6) is 0 Å². The fraction of sp³-hybridized carbons (Fsp3) is 0.947. The first-order valence-electron chi connectivity index (χ1n) is 9.57. The topological polar surface area (TPSA) is 20.3 Å². The lowest BCUT2D eigenvalue weighted by Crippen LogP contribution is -2.53. The van der Waals surface area contributed by atoms with Crippen LogP contribution in [0.3, 0.4) is 0 Å². The van der Waals surface area contributed by atoms with E-state index in [-0.39, 0.29) is 5.92 Å². The van der Waals surface area contributed by atoms with Crippen LogP contribution in [-0.2, 0) is 4.79 Å². The van der Waals surface area contributed by atoms with E-state index in [1.54, 1.807) is 0 Å². The summed E-state index contributed by atoms with van der Waals surface area (Å²) in [6, 6.07) is 0.352. The van der Waals surface area contributed by atoms with E-state index in [0.29, 0.717) is 29.2 Å². The summed E-state index contributed by atoms with van der Waals surface area (Å²) in [6.45, 7) is 12.5. The van der Waals surface area contributed by atoms with Gasteiger partial charge in [-0.1, -0.05) is 52.3 Å². The van der Waals surface area contributed by atoms with Crippen LogP contribution in [0.4, 0.5) is 0 Å². The Morgan fingerprint density at radius 3 is 2.36 bits per heavy atom. The van der Waals surface area contributed by atoms with Crippen LogP contribution in [0.1, 0.15) is 73.1 Å². The standard InChI is InChI=1S/C19H36BNO/c1-13(2)19(5)12-15(20)8-6-7-9-16-17(19)10-11-21(14(3)4)18(16)22/h13-17H,6-12,20H2,1-5H3. The maximum atomic E-state index is 13.1. The molecule has 3 heteroatoms. The molecule has 2 fully saturated rings. The molecule has 126 valence electrons. The zero-order chi connectivity index (χ0) is 16.5. The van der Waals surface area contributed by atoms with Crippen LogP contribution < -0.4 is 0 Å². The summed E-state index contributed by atoms with van der Waals surface area (Å²) in [6.07, 6.45) is 7.48. The van der Waals surface area contributed by atoms with E-state index in [9.17, 15) is 4.79 Å². The van der Waals surface area contributed by atoms with Crippen molar-refractivity contribution in [3.8, 4) is 0 Å². The van der Waals surface area contributed by atoms with Crippen molar-refractivity contribution in [3.63, 3.8) is 0 Å². The molecule has 0 spiro atoms. The second kappa shape index (κ2) is 6.97. The molecule has 1 amide bonds. The number of nitrogens with zero attached hydrogens (tertiary/aromatic N) is 1. The monoisotopic (exact) mass is 305 g/mol. The Hall–Kier alpha value is -0.465. The van der Waals surface area contributed by atoms with Gasteiger partial charge in [0.05, 0.1) is 0 Å². The van der Waals surface area contributed by atoms with Gasteiger partial charge in [0.25, 0.3) is 0 Å². The number of amides is 1. The molecule has 0 bridgehead atoms. The lowest BCUT2D eigenvalue weighted by Gasteiger charge is -2.50. The fourth-order valence-corrected chi connectivity index (χ4v) is 5.13. The second-order valence-corrected chi connectivity index (χ2v) is 8.88. The van der Waals surface area contributed by atoms with Gasteiger partial charge in [-0.3, -0.25) is 4.79 Å². The summed E-state index contributed by atoms with van der Waals surface area (Å²) in [4.78, 5) is 15.2. The van der Waals surface area contributed by atoms with Gasteiger partial charge in [-0.05, 0) is 43.9 Å². The van der Waals surface area contributed by atoms with Gasteiger partial charge in [0.2, 0.25) is 5.91 Å². The van der Waals surface area contributed by atoms with Gasteiger partial charge in [-0.2, -0.15) is 0 Å². The van der Waals surface area contributed by atoms with E-state index in [2.05, 4.69) is 47.4 Å². The largest absolute Gasteiger partial charge is 0.340 e. The van der Waals surface area contributed by atoms with Gasteiger partial charge >= 0.3 is 0 Å². The number of carbonyl (C=O) groups is 1. The third kappa shape index (κ3) is 3.38. The number of hydrogen-bond acceptors (Lipinski definition) is 1. The van der Waals surface area contributed by atoms with Crippen molar-refractivity contribution in [3.05, 3.63) is 0 Å². The third-order valence-corrected chi connectivity index (χ3v) is 6.81. The minimum Gasteiger partial charge on any atom is -0.340 e. The van der Waals surface area contributed by atoms with Crippen molar-refractivity contribution in [1.82, 2.24) is 4.90 Å². The third-order valence-electron chi connectivity index (χ3n) is 6.81. The van der Waals surface area contributed by atoms with Crippen molar-refractivity contribution in [1.29, 1.82) is 0 Å². The minimum atomic E-state index is 0.272. The molecule has 1 aliphatic carbocycles. The molecule has 1 saturated heterocycles. The number of piperidine rings is 1. The minimum absolute atomic E-state index is 0.272. The highest BCUT2D eigenvalue weighted by molar-refractivity contribution is 6.11. The first-order valence-corrected chi connectivity index (χ1v) is 9.57. The van der Waals surface area contributed by atoms with E-state index in [1.807, 2.05) is 0 Å². The van der Waals surface area contributed by atoms with Crippen molar-refractivity contribution in [2.45, 2.75) is 85.0 Å². The summed E-state index contributed by atoms with van der Waals surface area (Å²) in [5, 5.41) is 0. The normalized spacial score (nSPS) is 37.7. The Morgan fingerprint density at radius 1 is 1.14 bits per heavy atom. The molecular formula is C19H36BNO. The molecule has 1 saturated carbocycles. The first kappa shape index (κ1) is 17.9. The van der Waals surface area contributed by atoms with Crippen molar-refractivity contribution in [2.75, 3.05) is 6.54 Å². The van der Waals surface area contributed by atoms with Crippen LogP contribution in [0.25, 0.3) is 0 Å². The molecule has 22 heavy (non-hydrogen) atoms. The number of rotatable bonds is 2. The number of hydrogen-bond donors (Lipinski definition) is 0. The highest BCUT2D eigenvalue weighted by Crippen LogP contribution is 2.51. The summed E-state index contributed by atoms with van der Waals surface area (Å²) >= 11 is 0. The molecular weight excluding hydrogens is 269 g/mol. The maximum Gasteiger partial charge on any atom is 0.226 e. The number of likely N-dealkylation sites (tertiary alicyclic amines) is 1. The summed E-state index contributed by atoms with van der Waals surface area (Å²) < 4.78 is 0. The predicted molar refractivity (Wildman–Crippen MR) is 96.8 cm³/mol. The summed E-state index contributed by atoms with van der Waals surface area (Å²) in [5.74, 6) is 2.75. The molecule has 0 aromatic rings. The van der Waals surface area contributed by atoms with E-state index in [4.69, 9.17) is 0 Å². The first-order chi connectivity index (χ1) is 10.3. The summed E-state index contributed by atoms with van der Waals surface area (Å²) in [5.41, 5.74) is 0.313. The SMILES string of the molecule is BC1CCCCC2C(=O)N(C(C)C)CCC2C(C)(C(C)C)C1. The Balaban J connectivity index is 2.33. The molecule has 0 radical (unpaired) electrons. The average molecular weight is 305 g/mol. The van der Waals surface area contributed by atoms with Crippen LogP contribution >= 0.6 is 0 Å². The Kier molecular flexibility index (Phi) is 5.66. The van der Waals surface area contributed by atoms with Gasteiger partial charge < -0.3 is 4.90 Å². The highest BCUT2D eigenvalue weighted by Gasteiger charge is 2.48. The van der Waals surface area contributed by atoms with Gasteiger partial charge in [-0.15, -0.1) is 0 Å². The predicted octanol–water partition coefficient (Wildman–Crippen LogP) is 3.91. The van der Waals surface area contributed by atoms with Crippen molar-refractivity contribution in [2.24, 2.45) is 23.2 Å². The molecule has 2 rings (SSSR count). The van der Waals surface area contributed by atoms with Gasteiger partial charge in [0, 0.05) is 18.5 Å². The van der Waals surface area contributed by atoms with E-state index < -0.39 is 0 Å². The molecule has 0 aromatic heterocycles. The second-order valence-electron chi connectivity index (χ2n) is 8.88. The van der Waals surface area contributed by atoms with Crippen LogP contribution in [0.2, 0.25) is 5.82 Å². The molecule has 2 aliphatic rings. The maximum absolute atomic E-state index is 13.1. The molecule has 4 unspecified atom stereocenters. The highest BCUT2D eigenvalue weighted by atomic mass is 16.2. The van der Waals surface area contributed by atoms with E-state index in [1.165, 1.54) is 32.1 Å². The van der Waals surface area contributed by atoms with Crippen LogP contribution in [0, 0.1) is 23.2 Å². The average Bonchev–Trinajstić information content (AvgIpc) is 2.49. The molecule has 2 nitrogen and oxygen atoms in total. The lowest BCUT2D eigenvalue weighted by atomic mass is 9.56. The van der Waals surface area contributed by atoms with Gasteiger partial charge in [-0.25, -0.2) is 0 Å². The lowest BCUT2D eigenvalue weighted by molar-refractivity contribution is -0.148. The molecule has 4 atom stereocenters. The zero-order valence-corrected chi connectivity index (χ0v) is 15.7. The quantitative estimate of drug-likeness (QED) is 0.708. The number of fused-ring (bicyclic) bond motifs is 1. The van der Waals surface area contributed by atoms with E-state index in [0.717, 1.165) is 18.8 Å². The Bertz CT molecular complexity index is 395. The molecule has 0 N–H and O–H groups in total. The molecule has 1 heterocycles. The van der Waals surface area contributed by atoms with Crippen molar-refractivity contribution < 1.29 is 4.79 Å². The fourth-order valence-electron chi connectivity index (χ4n) is 5.13.